The van der Waals surface area contributed by atoms with E-state index >= 15 is 0 Å². The molecule has 4 nitrogen and oxygen atoms in total. The number of nitrogens with zero attached hydrogens (tertiary/aromatic N) is 2. The van der Waals surface area contributed by atoms with Gasteiger partial charge in [-0.1, -0.05) is 12.1 Å². The smallest absolute Gasteiger partial charge is 0.253 e. The molecule has 3 rings (SSSR count). The van der Waals surface area contributed by atoms with E-state index in [0.717, 1.165) is 38.0 Å². The fourth-order valence-corrected chi connectivity index (χ4v) is 3.57. The normalized spacial score (nSPS) is 18.5. The monoisotopic (exact) mass is 373 g/mol. The van der Waals surface area contributed by atoms with Gasteiger partial charge in [0.15, 0.2) is 0 Å². The van der Waals surface area contributed by atoms with Crippen molar-refractivity contribution in [1.29, 1.82) is 0 Å². The molecule has 6 heteroatoms. The summed E-state index contributed by atoms with van der Waals surface area (Å²) in [6, 6.07) is 8.57. The van der Waals surface area contributed by atoms with Gasteiger partial charge in [-0.25, -0.2) is 0 Å². The van der Waals surface area contributed by atoms with Gasteiger partial charge in [-0.05, 0) is 69.6 Å². The summed E-state index contributed by atoms with van der Waals surface area (Å²) in [6.45, 7) is 5.37. The lowest BCUT2D eigenvalue weighted by Crippen LogP contribution is -2.44. The van der Waals surface area contributed by atoms with Gasteiger partial charge in [0.1, 0.15) is 0 Å². The van der Waals surface area contributed by atoms with Crippen molar-refractivity contribution in [3.63, 3.8) is 0 Å². The molecule has 1 aromatic rings. The van der Waals surface area contributed by atoms with Crippen LogP contribution in [0, 0.1) is 0 Å². The fraction of sp³-hybridized carbons (Fsp3) is 0.611. The maximum atomic E-state index is 12.7. The van der Waals surface area contributed by atoms with E-state index in [1.54, 1.807) is 0 Å². The Bertz CT molecular complexity index is 515. The van der Waals surface area contributed by atoms with Gasteiger partial charge in [-0.2, -0.15) is 0 Å². The molecule has 0 atom stereocenters. The largest absolute Gasteiger partial charge is 0.339 e. The van der Waals surface area contributed by atoms with E-state index in [2.05, 4.69) is 22.3 Å². The van der Waals surface area contributed by atoms with E-state index in [1.165, 1.54) is 31.5 Å². The Balaban J connectivity index is 0.00000144. The second-order valence-electron chi connectivity index (χ2n) is 6.58. The van der Waals surface area contributed by atoms with Gasteiger partial charge in [0.05, 0.1) is 0 Å². The third-order valence-corrected chi connectivity index (χ3v) is 4.96. The highest BCUT2D eigenvalue weighted by molar-refractivity contribution is 5.94. The summed E-state index contributed by atoms with van der Waals surface area (Å²) in [7, 11) is 1.95. The number of benzene rings is 1. The molecule has 2 fully saturated rings. The van der Waals surface area contributed by atoms with Crippen LogP contribution in [0.15, 0.2) is 24.3 Å². The molecule has 1 amide bonds. The van der Waals surface area contributed by atoms with Crippen LogP contribution < -0.4 is 5.32 Å². The van der Waals surface area contributed by atoms with Gasteiger partial charge in [-0.3, -0.25) is 9.69 Å². The maximum absolute atomic E-state index is 12.7. The molecule has 2 aliphatic heterocycles. The molecule has 0 saturated carbocycles. The first-order chi connectivity index (χ1) is 10.7. The second-order valence-corrected chi connectivity index (χ2v) is 6.58. The third kappa shape index (κ3) is 5.35. The van der Waals surface area contributed by atoms with Crippen LogP contribution in [-0.2, 0) is 6.54 Å². The number of amides is 1. The van der Waals surface area contributed by atoms with Gasteiger partial charge >= 0.3 is 0 Å². The van der Waals surface area contributed by atoms with Crippen LogP contribution in [-0.4, -0.2) is 55.0 Å². The number of piperidine rings is 1. The molecule has 0 radical (unpaired) electrons. The van der Waals surface area contributed by atoms with E-state index < -0.39 is 0 Å². The average Bonchev–Trinajstić information content (AvgIpc) is 3.07. The average molecular weight is 374 g/mol. The standard InChI is InChI=1S/C18H27N3O.2ClH/c1-20(17-7-9-19-10-8-17)18(22)16-6-4-5-15(13-16)14-21-11-2-3-12-21;;/h4-6,13,17,19H,2-3,7-12,14H2,1H3;2*1H. The van der Waals surface area contributed by atoms with Crippen molar-refractivity contribution in [2.45, 2.75) is 38.3 Å². The van der Waals surface area contributed by atoms with Gasteiger partial charge in [-0.15, -0.1) is 24.8 Å². The lowest BCUT2D eigenvalue weighted by molar-refractivity contribution is 0.0703. The van der Waals surface area contributed by atoms with Crippen molar-refractivity contribution in [2.24, 2.45) is 0 Å². The molecule has 136 valence electrons. The molecule has 0 unspecified atom stereocenters. The van der Waals surface area contributed by atoms with Crippen molar-refractivity contribution < 1.29 is 4.79 Å². The van der Waals surface area contributed by atoms with Crippen LogP contribution >= 0.6 is 24.8 Å². The zero-order valence-electron chi connectivity index (χ0n) is 14.4. The quantitative estimate of drug-likeness (QED) is 0.880. The molecule has 2 saturated heterocycles. The molecule has 24 heavy (non-hydrogen) atoms. The van der Waals surface area contributed by atoms with Crippen LogP contribution in [0.3, 0.4) is 0 Å². The number of hydrogen-bond donors (Lipinski definition) is 1. The van der Waals surface area contributed by atoms with Gasteiger partial charge in [0.25, 0.3) is 5.91 Å². The highest BCUT2D eigenvalue weighted by atomic mass is 35.5. The Morgan fingerprint density at radius 3 is 2.54 bits per heavy atom. The predicted octanol–water partition coefficient (Wildman–Crippen LogP) is 2.95. The number of hydrogen-bond acceptors (Lipinski definition) is 3. The Kier molecular flexibility index (Phi) is 9.06. The lowest BCUT2D eigenvalue weighted by atomic mass is 10.0. The molecule has 1 N–H and O–H groups in total. The highest BCUT2D eigenvalue weighted by Gasteiger charge is 2.23. The number of likely N-dealkylation sites (tertiary alicyclic amines) is 1. The molecule has 0 aliphatic carbocycles. The van der Waals surface area contributed by atoms with Crippen molar-refractivity contribution >= 4 is 30.7 Å². The van der Waals surface area contributed by atoms with Gasteiger partial charge in [0, 0.05) is 25.2 Å². The zero-order chi connectivity index (χ0) is 15.4. The minimum absolute atomic E-state index is 0. The Hall–Kier alpha value is -0.810. The molecular weight excluding hydrogens is 345 g/mol. The third-order valence-electron chi connectivity index (χ3n) is 4.96. The van der Waals surface area contributed by atoms with Gasteiger partial charge in [0.2, 0.25) is 0 Å². The Labute approximate surface area is 157 Å². The van der Waals surface area contributed by atoms with Crippen molar-refractivity contribution in [3.05, 3.63) is 35.4 Å². The second kappa shape index (κ2) is 10.2. The zero-order valence-corrected chi connectivity index (χ0v) is 16.0. The first-order valence-corrected chi connectivity index (χ1v) is 8.53. The summed E-state index contributed by atoms with van der Waals surface area (Å²) in [6.07, 6.45) is 4.71. The summed E-state index contributed by atoms with van der Waals surface area (Å²) >= 11 is 0. The maximum Gasteiger partial charge on any atom is 0.253 e. The molecule has 1 aromatic carbocycles. The first-order valence-electron chi connectivity index (χ1n) is 8.53. The van der Waals surface area contributed by atoms with Crippen molar-refractivity contribution in [2.75, 3.05) is 33.2 Å². The van der Waals surface area contributed by atoms with Crippen LogP contribution in [0.1, 0.15) is 41.6 Å². The predicted molar refractivity (Wildman–Crippen MR) is 103 cm³/mol. The molecule has 2 heterocycles. The van der Waals surface area contributed by atoms with E-state index in [4.69, 9.17) is 0 Å². The number of halogens is 2. The summed E-state index contributed by atoms with van der Waals surface area (Å²) in [5.74, 6) is 0.162. The van der Waals surface area contributed by atoms with Crippen molar-refractivity contribution in [1.82, 2.24) is 15.1 Å². The number of carbonyl (C=O) groups excluding carboxylic acids is 1. The van der Waals surface area contributed by atoms with Crippen LogP contribution in [0.2, 0.25) is 0 Å². The summed E-state index contributed by atoms with van der Waals surface area (Å²) in [4.78, 5) is 17.1. The lowest BCUT2D eigenvalue weighted by Gasteiger charge is -2.31. The molecule has 0 aromatic heterocycles. The Morgan fingerprint density at radius 2 is 1.88 bits per heavy atom. The SMILES string of the molecule is CN(C(=O)c1cccc(CN2CCCC2)c1)C1CCNCC1.Cl.Cl. The van der Waals surface area contributed by atoms with Crippen molar-refractivity contribution in [3.8, 4) is 0 Å². The van der Waals surface area contributed by atoms with Crippen LogP contribution in [0.4, 0.5) is 0 Å². The number of carbonyl (C=O) groups is 1. The topological polar surface area (TPSA) is 35.6 Å². The first kappa shape index (κ1) is 21.2. The van der Waals surface area contributed by atoms with Gasteiger partial charge < -0.3 is 10.2 Å². The van der Waals surface area contributed by atoms with Crippen LogP contribution in [0.25, 0.3) is 0 Å². The number of nitrogens with one attached hydrogen (secondary N) is 1. The summed E-state index contributed by atoms with van der Waals surface area (Å²) in [5.41, 5.74) is 2.09. The summed E-state index contributed by atoms with van der Waals surface area (Å²) in [5, 5.41) is 3.35. The van der Waals surface area contributed by atoms with Crippen LogP contribution in [0.5, 0.6) is 0 Å². The minimum Gasteiger partial charge on any atom is -0.339 e. The van der Waals surface area contributed by atoms with E-state index in [1.807, 2.05) is 24.1 Å². The summed E-state index contributed by atoms with van der Waals surface area (Å²) < 4.78 is 0. The Morgan fingerprint density at radius 1 is 1.21 bits per heavy atom. The molecule has 0 bridgehead atoms. The highest BCUT2D eigenvalue weighted by Crippen LogP contribution is 2.17. The fourth-order valence-electron chi connectivity index (χ4n) is 3.57. The molecular formula is C18H29Cl2N3O. The number of rotatable bonds is 4. The minimum atomic E-state index is 0. The molecule has 0 spiro atoms. The molecule has 2 aliphatic rings. The van der Waals surface area contributed by atoms with E-state index in [0.29, 0.717) is 6.04 Å². The van der Waals surface area contributed by atoms with E-state index in [9.17, 15) is 4.79 Å². The van der Waals surface area contributed by atoms with E-state index in [-0.39, 0.29) is 30.7 Å².